The largest absolute Gasteiger partial charge is 0.485 e. The van der Waals surface area contributed by atoms with Crippen molar-refractivity contribution in [2.24, 2.45) is 5.73 Å². The standard InChI is InChI=1S/C28H24N4O5/c1-35-27(33)24-23(18-10-4-3-5-11-18)20(16-29)26(30)32(25(24)28(34)36-2)21-13-6-7-14-22(21)37-17-19-12-8-9-15-31-19/h3-15,23H,17,30H2,1-2H3. The fourth-order valence-electron chi connectivity index (χ4n) is 4.16. The molecule has 4 rings (SSSR count). The third-order valence-electron chi connectivity index (χ3n) is 5.82. The first kappa shape index (κ1) is 25.0. The van der Waals surface area contributed by atoms with Gasteiger partial charge < -0.3 is 19.9 Å². The number of carbonyl (C=O) groups is 2. The van der Waals surface area contributed by atoms with E-state index in [0.29, 0.717) is 22.7 Å². The van der Waals surface area contributed by atoms with Crippen LogP contribution >= 0.6 is 0 Å². The van der Waals surface area contributed by atoms with Gasteiger partial charge in [0.2, 0.25) is 0 Å². The molecule has 1 atom stereocenters. The van der Waals surface area contributed by atoms with E-state index in [0.717, 1.165) is 0 Å². The number of ether oxygens (including phenoxy) is 3. The van der Waals surface area contributed by atoms with Gasteiger partial charge >= 0.3 is 11.9 Å². The average molecular weight is 497 g/mol. The number of methoxy groups -OCH3 is 2. The molecule has 9 nitrogen and oxygen atoms in total. The highest BCUT2D eigenvalue weighted by atomic mass is 16.5. The van der Waals surface area contributed by atoms with Crippen LogP contribution in [0.25, 0.3) is 0 Å². The SMILES string of the molecule is COC(=O)C1=C(C(=O)OC)N(c2ccccc2OCc2ccccn2)C(N)=C(C#N)C1c1ccccc1. The summed E-state index contributed by atoms with van der Waals surface area (Å²) in [6.07, 6.45) is 1.65. The second kappa shape index (κ2) is 11.1. The zero-order valence-corrected chi connectivity index (χ0v) is 20.3. The van der Waals surface area contributed by atoms with Gasteiger partial charge in [-0.3, -0.25) is 9.88 Å². The molecule has 0 aliphatic carbocycles. The van der Waals surface area contributed by atoms with E-state index in [-0.39, 0.29) is 29.3 Å². The van der Waals surface area contributed by atoms with E-state index >= 15 is 0 Å². The number of nitrogens with two attached hydrogens (primary N) is 1. The molecule has 0 radical (unpaired) electrons. The first-order valence-electron chi connectivity index (χ1n) is 11.3. The average Bonchev–Trinajstić information content (AvgIpc) is 2.95. The van der Waals surface area contributed by atoms with E-state index in [4.69, 9.17) is 19.9 Å². The molecule has 9 heteroatoms. The summed E-state index contributed by atoms with van der Waals surface area (Å²) in [5.74, 6) is -2.28. The van der Waals surface area contributed by atoms with Crippen LogP contribution in [-0.2, 0) is 25.7 Å². The molecule has 1 aromatic heterocycles. The van der Waals surface area contributed by atoms with Gasteiger partial charge in [-0.1, -0.05) is 48.5 Å². The predicted molar refractivity (Wildman–Crippen MR) is 135 cm³/mol. The van der Waals surface area contributed by atoms with Gasteiger partial charge in [-0.25, -0.2) is 9.59 Å². The number of aromatic nitrogens is 1. The summed E-state index contributed by atoms with van der Waals surface area (Å²) in [5.41, 5.74) is 7.99. The zero-order chi connectivity index (χ0) is 26.4. The quantitative estimate of drug-likeness (QED) is 0.488. The van der Waals surface area contributed by atoms with Crippen molar-refractivity contribution in [3.63, 3.8) is 0 Å². The first-order valence-corrected chi connectivity index (χ1v) is 11.3. The Labute approximate surface area is 214 Å². The maximum atomic E-state index is 13.2. The Hall–Kier alpha value is -5.10. The van der Waals surface area contributed by atoms with E-state index in [1.165, 1.54) is 19.1 Å². The molecule has 1 unspecified atom stereocenters. The monoisotopic (exact) mass is 496 g/mol. The van der Waals surface area contributed by atoms with Crippen LogP contribution in [0, 0.1) is 11.3 Å². The minimum Gasteiger partial charge on any atom is -0.485 e. The predicted octanol–water partition coefficient (Wildman–Crippen LogP) is 3.56. The van der Waals surface area contributed by atoms with Crippen molar-refractivity contribution < 1.29 is 23.8 Å². The summed E-state index contributed by atoms with van der Waals surface area (Å²) in [7, 11) is 2.40. The van der Waals surface area contributed by atoms with Gasteiger partial charge in [0.05, 0.1) is 48.7 Å². The molecule has 3 aromatic rings. The molecule has 1 aliphatic rings. The summed E-state index contributed by atoms with van der Waals surface area (Å²) >= 11 is 0. The maximum absolute atomic E-state index is 13.2. The van der Waals surface area contributed by atoms with Crippen molar-refractivity contribution in [3.8, 4) is 11.8 Å². The minimum absolute atomic E-state index is 0.0432. The topological polar surface area (TPSA) is 128 Å². The number of para-hydroxylation sites is 2. The molecular weight excluding hydrogens is 472 g/mol. The fraction of sp³-hybridized carbons (Fsp3) is 0.143. The second-order valence-electron chi connectivity index (χ2n) is 7.91. The summed E-state index contributed by atoms with van der Waals surface area (Å²) in [6.45, 7) is 0.133. The van der Waals surface area contributed by atoms with Crippen LogP contribution in [-0.4, -0.2) is 31.1 Å². The fourth-order valence-corrected chi connectivity index (χ4v) is 4.16. The summed E-state index contributed by atoms with van der Waals surface area (Å²) in [4.78, 5) is 32.0. The maximum Gasteiger partial charge on any atom is 0.355 e. The molecule has 1 aliphatic heterocycles. The van der Waals surface area contributed by atoms with Crippen molar-refractivity contribution in [1.82, 2.24) is 4.98 Å². The van der Waals surface area contributed by atoms with Gasteiger partial charge in [-0.15, -0.1) is 0 Å². The van der Waals surface area contributed by atoms with Crippen molar-refractivity contribution in [2.75, 3.05) is 19.1 Å². The van der Waals surface area contributed by atoms with Crippen molar-refractivity contribution in [3.05, 3.63) is 113 Å². The van der Waals surface area contributed by atoms with Crippen LogP contribution in [0.5, 0.6) is 5.75 Å². The number of nitrogens with zero attached hydrogens (tertiary/aromatic N) is 3. The molecule has 0 fully saturated rings. The number of nitriles is 1. The van der Waals surface area contributed by atoms with Crippen molar-refractivity contribution >= 4 is 17.6 Å². The molecule has 37 heavy (non-hydrogen) atoms. The third kappa shape index (κ3) is 4.86. The Morgan fingerprint density at radius 3 is 2.30 bits per heavy atom. The molecule has 0 saturated heterocycles. The summed E-state index contributed by atoms with van der Waals surface area (Å²) < 4.78 is 16.2. The number of allylic oxidation sites excluding steroid dienone is 1. The van der Waals surface area contributed by atoms with Crippen LogP contribution in [0.4, 0.5) is 5.69 Å². The third-order valence-corrected chi connectivity index (χ3v) is 5.82. The molecule has 0 spiro atoms. The molecule has 0 amide bonds. The number of benzene rings is 2. The second-order valence-corrected chi connectivity index (χ2v) is 7.91. The highest BCUT2D eigenvalue weighted by Crippen LogP contribution is 2.45. The molecule has 0 saturated carbocycles. The number of hydrogen-bond donors (Lipinski definition) is 1. The van der Waals surface area contributed by atoms with Crippen LogP contribution in [0.15, 0.2) is 102 Å². The van der Waals surface area contributed by atoms with E-state index in [1.54, 1.807) is 66.9 Å². The highest BCUT2D eigenvalue weighted by Gasteiger charge is 2.43. The molecule has 2 N–H and O–H groups in total. The molecular formula is C28H24N4O5. The summed E-state index contributed by atoms with van der Waals surface area (Å²) in [6, 6.07) is 23.2. The number of esters is 2. The summed E-state index contributed by atoms with van der Waals surface area (Å²) in [5, 5.41) is 10.2. The molecule has 186 valence electrons. The molecule has 2 aromatic carbocycles. The van der Waals surface area contributed by atoms with Gasteiger partial charge in [0.1, 0.15) is 23.9 Å². The van der Waals surface area contributed by atoms with Crippen LogP contribution in [0.2, 0.25) is 0 Å². The minimum atomic E-state index is -0.953. The van der Waals surface area contributed by atoms with Crippen LogP contribution < -0.4 is 15.4 Å². The highest BCUT2D eigenvalue weighted by molar-refractivity contribution is 6.06. The Kier molecular flexibility index (Phi) is 7.50. The zero-order valence-electron chi connectivity index (χ0n) is 20.3. The van der Waals surface area contributed by atoms with E-state index in [1.807, 2.05) is 12.1 Å². The smallest absolute Gasteiger partial charge is 0.355 e. The van der Waals surface area contributed by atoms with E-state index in [2.05, 4.69) is 11.1 Å². The number of anilines is 1. The molecule has 0 bridgehead atoms. The van der Waals surface area contributed by atoms with Crippen molar-refractivity contribution in [2.45, 2.75) is 12.5 Å². The van der Waals surface area contributed by atoms with Crippen molar-refractivity contribution in [1.29, 1.82) is 5.26 Å². The lowest BCUT2D eigenvalue weighted by Crippen LogP contribution is -2.41. The van der Waals surface area contributed by atoms with Gasteiger partial charge in [0.25, 0.3) is 0 Å². The van der Waals surface area contributed by atoms with Gasteiger partial charge in [-0.05, 0) is 29.8 Å². The van der Waals surface area contributed by atoms with Crippen LogP contribution in [0.1, 0.15) is 17.2 Å². The van der Waals surface area contributed by atoms with Gasteiger partial charge in [0, 0.05) is 6.20 Å². The lowest BCUT2D eigenvalue weighted by molar-refractivity contribution is -0.139. The Balaban J connectivity index is 1.94. The van der Waals surface area contributed by atoms with Gasteiger partial charge in [-0.2, -0.15) is 5.26 Å². The van der Waals surface area contributed by atoms with E-state index in [9.17, 15) is 14.9 Å². The lowest BCUT2D eigenvalue weighted by Gasteiger charge is -2.36. The normalized spacial score (nSPS) is 15.2. The Morgan fingerprint density at radius 1 is 0.973 bits per heavy atom. The molecule has 2 heterocycles. The lowest BCUT2D eigenvalue weighted by atomic mass is 9.81. The Morgan fingerprint density at radius 2 is 1.65 bits per heavy atom. The van der Waals surface area contributed by atoms with E-state index < -0.39 is 17.9 Å². The number of carbonyl (C=O) groups excluding carboxylic acids is 2. The number of rotatable bonds is 7. The Bertz CT molecular complexity index is 1410. The van der Waals surface area contributed by atoms with Crippen LogP contribution in [0.3, 0.4) is 0 Å². The first-order chi connectivity index (χ1) is 18.0. The number of hydrogen-bond acceptors (Lipinski definition) is 9. The van der Waals surface area contributed by atoms with Gasteiger partial charge in [0.15, 0.2) is 0 Å². The number of pyridine rings is 1.